The summed E-state index contributed by atoms with van der Waals surface area (Å²) >= 11 is 0. The molecule has 0 unspecified atom stereocenters. The Morgan fingerprint density at radius 3 is 2.43 bits per heavy atom. The third-order valence-electron chi connectivity index (χ3n) is 3.06. The highest BCUT2D eigenvalue weighted by Gasteiger charge is 2.17. The molecule has 4 heteroatoms. The molecule has 0 radical (unpaired) electrons. The number of rotatable bonds is 6. The van der Waals surface area contributed by atoms with E-state index < -0.39 is 6.10 Å². The van der Waals surface area contributed by atoms with E-state index in [9.17, 15) is 9.18 Å². The zero-order chi connectivity index (χ0) is 15.1. The Bertz CT molecular complexity index is 569. The summed E-state index contributed by atoms with van der Waals surface area (Å²) in [6, 6.07) is 15.3. The van der Waals surface area contributed by atoms with Crippen molar-refractivity contribution in [1.29, 1.82) is 0 Å². The molecule has 2 aromatic carbocycles. The maximum Gasteiger partial charge on any atom is 0.261 e. The standard InChI is InChI=1S/C17H18FNO2/c1-2-16(21-15-10-8-14(18)9-11-15)17(20)19-12-13-6-4-3-5-7-13/h3-11,16H,2,12H2,1H3,(H,19,20)/t16-/m0/s1. The zero-order valence-electron chi connectivity index (χ0n) is 11.9. The molecule has 0 bridgehead atoms. The van der Waals surface area contributed by atoms with Crippen LogP contribution in [0.3, 0.4) is 0 Å². The Labute approximate surface area is 123 Å². The van der Waals surface area contributed by atoms with Gasteiger partial charge in [-0.15, -0.1) is 0 Å². The lowest BCUT2D eigenvalue weighted by Gasteiger charge is -2.17. The maximum atomic E-state index is 12.8. The quantitative estimate of drug-likeness (QED) is 0.885. The van der Waals surface area contributed by atoms with Crippen molar-refractivity contribution in [3.8, 4) is 5.75 Å². The summed E-state index contributed by atoms with van der Waals surface area (Å²) in [6.45, 7) is 2.33. The first kappa shape index (κ1) is 15.0. The molecular formula is C17H18FNO2. The van der Waals surface area contributed by atoms with E-state index in [-0.39, 0.29) is 11.7 Å². The van der Waals surface area contributed by atoms with Crippen molar-refractivity contribution < 1.29 is 13.9 Å². The molecule has 0 heterocycles. The molecule has 1 N–H and O–H groups in total. The highest BCUT2D eigenvalue weighted by atomic mass is 19.1. The van der Waals surface area contributed by atoms with Gasteiger partial charge < -0.3 is 10.1 Å². The fourth-order valence-corrected chi connectivity index (χ4v) is 1.90. The van der Waals surface area contributed by atoms with Crippen molar-refractivity contribution in [2.75, 3.05) is 0 Å². The number of ether oxygens (including phenoxy) is 1. The smallest absolute Gasteiger partial charge is 0.261 e. The Balaban J connectivity index is 1.90. The molecule has 0 aliphatic carbocycles. The number of amides is 1. The van der Waals surface area contributed by atoms with Gasteiger partial charge in [0.2, 0.25) is 0 Å². The lowest BCUT2D eigenvalue weighted by molar-refractivity contribution is -0.128. The van der Waals surface area contributed by atoms with E-state index in [0.29, 0.717) is 18.7 Å². The van der Waals surface area contributed by atoms with Gasteiger partial charge >= 0.3 is 0 Å². The first-order chi connectivity index (χ1) is 10.2. The summed E-state index contributed by atoms with van der Waals surface area (Å²) in [5, 5.41) is 2.84. The van der Waals surface area contributed by atoms with Crippen LogP contribution in [0.15, 0.2) is 54.6 Å². The van der Waals surface area contributed by atoms with Crippen LogP contribution < -0.4 is 10.1 Å². The second-order valence-electron chi connectivity index (χ2n) is 4.67. The number of halogens is 1. The van der Waals surface area contributed by atoms with Crippen LogP contribution in [0.1, 0.15) is 18.9 Å². The van der Waals surface area contributed by atoms with Crippen molar-refractivity contribution in [3.05, 3.63) is 66.0 Å². The fourth-order valence-electron chi connectivity index (χ4n) is 1.90. The van der Waals surface area contributed by atoms with E-state index in [1.54, 1.807) is 0 Å². The van der Waals surface area contributed by atoms with E-state index in [0.717, 1.165) is 5.56 Å². The van der Waals surface area contributed by atoms with E-state index in [1.807, 2.05) is 37.3 Å². The summed E-state index contributed by atoms with van der Waals surface area (Å²) < 4.78 is 18.4. The highest BCUT2D eigenvalue weighted by Crippen LogP contribution is 2.14. The number of hydrogen-bond donors (Lipinski definition) is 1. The molecule has 1 amide bonds. The predicted octanol–water partition coefficient (Wildman–Crippen LogP) is 3.30. The first-order valence-electron chi connectivity index (χ1n) is 6.93. The molecule has 0 fully saturated rings. The number of nitrogens with one attached hydrogen (secondary N) is 1. The second-order valence-corrected chi connectivity index (χ2v) is 4.67. The first-order valence-corrected chi connectivity index (χ1v) is 6.93. The molecule has 0 spiro atoms. The number of carbonyl (C=O) groups is 1. The topological polar surface area (TPSA) is 38.3 Å². The van der Waals surface area contributed by atoms with E-state index in [1.165, 1.54) is 24.3 Å². The van der Waals surface area contributed by atoms with Crippen LogP contribution in [-0.2, 0) is 11.3 Å². The summed E-state index contributed by atoms with van der Waals surface area (Å²) in [5.41, 5.74) is 1.03. The fraction of sp³-hybridized carbons (Fsp3) is 0.235. The van der Waals surface area contributed by atoms with Gasteiger partial charge in [-0.05, 0) is 36.2 Å². The van der Waals surface area contributed by atoms with Crippen molar-refractivity contribution in [3.63, 3.8) is 0 Å². The molecule has 0 aliphatic heterocycles. The van der Waals surface area contributed by atoms with Crippen LogP contribution >= 0.6 is 0 Å². The zero-order valence-corrected chi connectivity index (χ0v) is 11.9. The Morgan fingerprint density at radius 2 is 1.81 bits per heavy atom. The van der Waals surface area contributed by atoms with Crippen LogP contribution in [0.2, 0.25) is 0 Å². The molecule has 1 atom stereocenters. The van der Waals surface area contributed by atoms with Crippen LogP contribution in [-0.4, -0.2) is 12.0 Å². The maximum absolute atomic E-state index is 12.8. The van der Waals surface area contributed by atoms with Gasteiger partial charge in [-0.25, -0.2) is 4.39 Å². The molecule has 0 aromatic heterocycles. The lowest BCUT2D eigenvalue weighted by atomic mass is 10.2. The van der Waals surface area contributed by atoms with Gasteiger partial charge in [0.25, 0.3) is 5.91 Å². The normalized spacial score (nSPS) is 11.7. The van der Waals surface area contributed by atoms with Gasteiger partial charge in [-0.1, -0.05) is 37.3 Å². The van der Waals surface area contributed by atoms with E-state index in [2.05, 4.69) is 5.32 Å². The molecule has 0 aliphatic rings. The van der Waals surface area contributed by atoms with Gasteiger partial charge in [0.05, 0.1) is 0 Å². The van der Waals surface area contributed by atoms with Crippen LogP contribution in [0, 0.1) is 5.82 Å². The molecule has 0 saturated heterocycles. The minimum Gasteiger partial charge on any atom is -0.481 e. The second kappa shape index (κ2) is 7.43. The SMILES string of the molecule is CC[C@H](Oc1ccc(F)cc1)C(=O)NCc1ccccc1. The Hall–Kier alpha value is -2.36. The van der Waals surface area contributed by atoms with Crippen molar-refractivity contribution in [2.45, 2.75) is 26.0 Å². The van der Waals surface area contributed by atoms with Crippen LogP contribution in [0.5, 0.6) is 5.75 Å². The average molecular weight is 287 g/mol. The predicted molar refractivity (Wildman–Crippen MR) is 79.4 cm³/mol. The van der Waals surface area contributed by atoms with Gasteiger partial charge in [0.1, 0.15) is 11.6 Å². The minimum absolute atomic E-state index is 0.175. The Morgan fingerprint density at radius 1 is 1.14 bits per heavy atom. The average Bonchev–Trinajstić information content (AvgIpc) is 2.53. The van der Waals surface area contributed by atoms with E-state index >= 15 is 0 Å². The monoisotopic (exact) mass is 287 g/mol. The van der Waals surface area contributed by atoms with Crippen molar-refractivity contribution in [2.24, 2.45) is 0 Å². The third-order valence-corrected chi connectivity index (χ3v) is 3.06. The third kappa shape index (κ3) is 4.60. The van der Waals surface area contributed by atoms with Crippen LogP contribution in [0.25, 0.3) is 0 Å². The van der Waals surface area contributed by atoms with Gasteiger partial charge in [-0.3, -0.25) is 4.79 Å². The summed E-state index contributed by atoms with van der Waals surface area (Å²) in [4.78, 5) is 12.1. The summed E-state index contributed by atoms with van der Waals surface area (Å²) in [5.74, 6) is -0.0206. The summed E-state index contributed by atoms with van der Waals surface area (Å²) in [7, 11) is 0. The highest BCUT2D eigenvalue weighted by molar-refractivity contribution is 5.81. The molecule has 2 aromatic rings. The molecule has 3 nitrogen and oxygen atoms in total. The lowest BCUT2D eigenvalue weighted by Crippen LogP contribution is -2.37. The van der Waals surface area contributed by atoms with Gasteiger partial charge in [0.15, 0.2) is 6.10 Å². The molecule has 2 rings (SSSR count). The molecular weight excluding hydrogens is 269 g/mol. The van der Waals surface area contributed by atoms with Gasteiger partial charge in [0, 0.05) is 6.54 Å². The number of benzene rings is 2. The van der Waals surface area contributed by atoms with Crippen LogP contribution in [0.4, 0.5) is 4.39 Å². The van der Waals surface area contributed by atoms with Crippen molar-refractivity contribution >= 4 is 5.91 Å². The van der Waals surface area contributed by atoms with E-state index in [4.69, 9.17) is 4.74 Å². The number of hydrogen-bond acceptors (Lipinski definition) is 2. The Kier molecular flexibility index (Phi) is 5.32. The number of carbonyl (C=O) groups excluding carboxylic acids is 1. The molecule has 21 heavy (non-hydrogen) atoms. The molecule has 110 valence electrons. The van der Waals surface area contributed by atoms with Gasteiger partial charge in [-0.2, -0.15) is 0 Å². The molecule has 0 saturated carbocycles. The summed E-state index contributed by atoms with van der Waals surface area (Å²) in [6.07, 6.45) is -0.0444. The van der Waals surface area contributed by atoms with Crippen molar-refractivity contribution in [1.82, 2.24) is 5.32 Å². The minimum atomic E-state index is -0.584. The largest absolute Gasteiger partial charge is 0.481 e.